The molecule has 0 aliphatic carbocycles. The number of amides is 1. The molecule has 0 radical (unpaired) electrons. The summed E-state index contributed by atoms with van der Waals surface area (Å²) in [6.07, 6.45) is -5.02. The Hall–Kier alpha value is -0.803. The van der Waals surface area contributed by atoms with Gasteiger partial charge in [0.15, 0.2) is 6.61 Å². The lowest BCUT2D eigenvalue weighted by Gasteiger charge is -2.25. The van der Waals surface area contributed by atoms with Crippen molar-refractivity contribution in [2.24, 2.45) is 0 Å². The summed E-state index contributed by atoms with van der Waals surface area (Å²) in [7, 11) is -2.24. The molecule has 1 N–H and O–H groups in total. The first-order valence-corrected chi connectivity index (χ1v) is 9.00. The summed E-state index contributed by atoms with van der Waals surface area (Å²) >= 11 is 0. The number of hydrogen-bond acceptors (Lipinski definition) is 4. The molecule has 120 valence electrons. The number of alkyl carbamates (subject to hydrolysis) is 1. The van der Waals surface area contributed by atoms with E-state index in [-0.39, 0.29) is 6.54 Å². The first kappa shape index (κ1) is 19.2. The highest BCUT2D eigenvalue weighted by Crippen LogP contribution is 2.16. The third-order valence-corrected chi connectivity index (χ3v) is 5.40. The van der Waals surface area contributed by atoms with Crippen LogP contribution in [0.1, 0.15) is 20.3 Å². The van der Waals surface area contributed by atoms with Crippen LogP contribution in [0.3, 0.4) is 0 Å². The van der Waals surface area contributed by atoms with Crippen molar-refractivity contribution in [1.29, 1.82) is 0 Å². The van der Waals surface area contributed by atoms with E-state index in [1.165, 1.54) is 0 Å². The fourth-order valence-corrected chi connectivity index (χ4v) is 4.01. The number of rotatable bonds is 9. The van der Waals surface area contributed by atoms with Crippen LogP contribution in [-0.4, -0.2) is 47.2 Å². The van der Waals surface area contributed by atoms with E-state index >= 15 is 0 Å². The maximum absolute atomic E-state index is 11.8. The number of nitrogens with one attached hydrogen (secondary N) is 1. The minimum Gasteiger partial charge on any atom is -0.440 e. The van der Waals surface area contributed by atoms with Crippen molar-refractivity contribution in [2.45, 2.75) is 39.0 Å². The summed E-state index contributed by atoms with van der Waals surface area (Å²) in [6.45, 7) is 5.40. The molecule has 1 amide bonds. The van der Waals surface area contributed by atoms with Gasteiger partial charge < -0.3 is 18.9 Å². The molecule has 0 fully saturated rings. The second kappa shape index (κ2) is 9.19. The molecule has 0 aromatic rings. The van der Waals surface area contributed by atoms with Gasteiger partial charge in [0.05, 0.1) is 0 Å². The third kappa shape index (κ3) is 10.0. The Kier molecular flexibility index (Phi) is 8.82. The van der Waals surface area contributed by atoms with Gasteiger partial charge >= 0.3 is 20.8 Å². The van der Waals surface area contributed by atoms with E-state index < -0.39 is 27.4 Å². The topological polar surface area (TPSA) is 56.8 Å². The summed E-state index contributed by atoms with van der Waals surface area (Å²) in [4.78, 5) is 11.0. The van der Waals surface area contributed by atoms with Crippen molar-refractivity contribution in [1.82, 2.24) is 5.32 Å². The molecule has 0 atom stereocenters. The fourth-order valence-electron chi connectivity index (χ4n) is 1.60. The van der Waals surface area contributed by atoms with Gasteiger partial charge in [-0.2, -0.15) is 13.2 Å². The quantitative estimate of drug-likeness (QED) is 0.525. The van der Waals surface area contributed by atoms with Crippen molar-refractivity contribution in [3.05, 3.63) is 0 Å². The Bertz CT molecular complexity index is 283. The predicted molar refractivity (Wildman–Crippen MR) is 69.7 cm³/mol. The number of alkyl halides is 3. The van der Waals surface area contributed by atoms with Gasteiger partial charge in [-0.3, -0.25) is 0 Å². The predicted octanol–water partition coefficient (Wildman–Crippen LogP) is 2.81. The van der Waals surface area contributed by atoms with Gasteiger partial charge in [-0.25, -0.2) is 4.79 Å². The first-order chi connectivity index (χ1) is 9.22. The van der Waals surface area contributed by atoms with Gasteiger partial charge in [0, 0.05) is 19.8 Å². The molecule has 5 nitrogen and oxygen atoms in total. The molecule has 20 heavy (non-hydrogen) atoms. The molecule has 9 heteroatoms. The number of carbonyl (C=O) groups excluding carboxylic acids is 1. The zero-order valence-electron chi connectivity index (χ0n) is 12.0. The van der Waals surface area contributed by atoms with Gasteiger partial charge in [0.1, 0.15) is 0 Å². The normalized spacial score (nSPS) is 12.3. The molecule has 0 aliphatic rings. The van der Waals surface area contributed by atoms with Crippen molar-refractivity contribution in [3.63, 3.8) is 0 Å². The molecular formula is C11H22F3NO4Si. The van der Waals surface area contributed by atoms with Crippen LogP contribution in [0.5, 0.6) is 0 Å². The SMILES string of the molecule is CCO[Si](C)(CCCNC(=O)OCC(F)(F)F)OCC. The Morgan fingerprint density at radius 3 is 2.20 bits per heavy atom. The van der Waals surface area contributed by atoms with E-state index in [1.54, 1.807) is 0 Å². The van der Waals surface area contributed by atoms with E-state index in [1.807, 2.05) is 20.4 Å². The van der Waals surface area contributed by atoms with Gasteiger partial charge in [-0.1, -0.05) is 0 Å². The van der Waals surface area contributed by atoms with Crippen LogP contribution in [0.25, 0.3) is 0 Å². The molecular weight excluding hydrogens is 295 g/mol. The van der Waals surface area contributed by atoms with Gasteiger partial charge in [0.2, 0.25) is 0 Å². The summed E-state index contributed by atoms with van der Waals surface area (Å²) in [5, 5.41) is 2.26. The highest BCUT2D eigenvalue weighted by atomic mass is 28.4. The van der Waals surface area contributed by atoms with Crippen LogP contribution < -0.4 is 5.32 Å². The van der Waals surface area contributed by atoms with Crippen LogP contribution in [-0.2, 0) is 13.6 Å². The Morgan fingerprint density at radius 1 is 1.20 bits per heavy atom. The number of halogens is 3. The molecule has 0 saturated heterocycles. The maximum atomic E-state index is 11.8. The van der Waals surface area contributed by atoms with Crippen LogP contribution >= 0.6 is 0 Å². The lowest BCUT2D eigenvalue weighted by molar-refractivity contribution is -0.160. The lowest BCUT2D eigenvalue weighted by atomic mass is 10.5. The average molecular weight is 317 g/mol. The summed E-state index contributed by atoms with van der Waals surface area (Å²) < 4.78 is 50.6. The largest absolute Gasteiger partial charge is 0.440 e. The van der Waals surface area contributed by atoms with Gasteiger partial charge in [-0.05, 0) is 32.9 Å². The van der Waals surface area contributed by atoms with E-state index in [0.717, 1.165) is 0 Å². The Labute approximate surface area is 118 Å². The molecule has 0 aromatic heterocycles. The minimum absolute atomic E-state index is 0.222. The van der Waals surface area contributed by atoms with E-state index in [0.29, 0.717) is 25.7 Å². The second-order valence-electron chi connectivity index (χ2n) is 4.22. The molecule has 0 unspecified atom stereocenters. The summed E-state index contributed by atoms with van der Waals surface area (Å²) in [5.41, 5.74) is 0. The Morgan fingerprint density at radius 2 is 1.75 bits per heavy atom. The molecule has 0 heterocycles. The standard InChI is InChI=1S/C11H22F3NO4Si/c1-4-18-20(3,19-5-2)8-6-7-15-10(16)17-9-11(12,13)14/h4-9H2,1-3H3,(H,15,16). The monoisotopic (exact) mass is 317 g/mol. The zero-order valence-corrected chi connectivity index (χ0v) is 13.0. The molecule has 0 aliphatic heterocycles. The highest BCUT2D eigenvalue weighted by Gasteiger charge is 2.31. The maximum Gasteiger partial charge on any atom is 0.422 e. The molecule has 0 aromatic carbocycles. The number of hydrogen-bond donors (Lipinski definition) is 1. The van der Waals surface area contributed by atoms with Crippen molar-refractivity contribution in [3.8, 4) is 0 Å². The number of ether oxygens (including phenoxy) is 1. The summed E-state index contributed by atoms with van der Waals surface area (Å²) in [6, 6.07) is 0.647. The molecule has 0 spiro atoms. The number of carbonyl (C=O) groups is 1. The molecule has 0 saturated carbocycles. The third-order valence-electron chi connectivity index (χ3n) is 2.34. The summed E-state index contributed by atoms with van der Waals surface area (Å²) in [5.74, 6) is 0. The van der Waals surface area contributed by atoms with Crippen LogP contribution in [0.2, 0.25) is 12.6 Å². The van der Waals surface area contributed by atoms with Crippen LogP contribution in [0, 0.1) is 0 Å². The van der Waals surface area contributed by atoms with Crippen molar-refractivity contribution in [2.75, 3.05) is 26.4 Å². The van der Waals surface area contributed by atoms with Crippen LogP contribution in [0.4, 0.5) is 18.0 Å². The van der Waals surface area contributed by atoms with Gasteiger partial charge in [0.25, 0.3) is 0 Å². The fraction of sp³-hybridized carbons (Fsp3) is 0.909. The minimum atomic E-state index is -4.51. The van der Waals surface area contributed by atoms with E-state index in [9.17, 15) is 18.0 Å². The smallest absolute Gasteiger partial charge is 0.422 e. The highest BCUT2D eigenvalue weighted by molar-refractivity contribution is 6.66. The first-order valence-electron chi connectivity index (χ1n) is 6.47. The molecule has 0 bridgehead atoms. The van der Waals surface area contributed by atoms with Gasteiger partial charge in [-0.15, -0.1) is 0 Å². The van der Waals surface area contributed by atoms with Crippen molar-refractivity contribution < 1.29 is 31.6 Å². The van der Waals surface area contributed by atoms with Crippen LogP contribution in [0.15, 0.2) is 0 Å². The second-order valence-corrected chi connectivity index (χ2v) is 7.57. The lowest BCUT2D eigenvalue weighted by Crippen LogP contribution is -2.39. The van der Waals surface area contributed by atoms with Crippen molar-refractivity contribution >= 4 is 14.7 Å². The zero-order chi connectivity index (χ0) is 15.6. The Balaban J connectivity index is 3.85. The molecule has 0 rings (SSSR count). The average Bonchev–Trinajstić information content (AvgIpc) is 2.32. The van der Waals surface area contributed by atoms with E-state index in [4.69, 9.17) is 8.85 Å². The van der Waals surface area contributed by atoms with E-state index in [2.05, 4.69) is 10.1 Å².